The quantitative estimate of drug-likeness (QED) is 0.798. The molecule has 1 unspecified atom stereocenters. The number of methoxy groups -OCH3 is 1. The monoisotopic (exact) mass is 386 g/mol. The van der Waals surface area contributed by atoms with Crippen LogP contribution >= 0.6 is 0 Å². The van der Waals surface area contributed by atoms with Gasteiger partial charge in [-0.3, -0.25) is 4.90 Å². The SMILES string of the molecule is COc1ccccc1N1CCC(C)N(Cc2cc(F)cc3c2OCOC3)CC1. The van der Waals surface area contributed by atoms with Gasteiger partial charge in [0.1, 0.15) is 17.3 Å². The average Bonchev–Trinajstić information content (AvgIpc) is 2.89. The van der Waals surface area contributed by atoms with E-state index in [1.807, 2.05) is 18.2 Å². The zero-order valence-electron chi connectivity index (χ0n) is 16.5. The third kappa shape index (κ3) is 3.93. The largest absolute Gasteiger partial charge is 0.495 e. The highest BCUT2D eigenvalue weighted by Gasteiger charge is 2.25. The molecule has 150 valence electrons. The summed E-state index contributed by atoms with van der Waals surface area (Å²) < 4.78 is 30.6. The Bertz CT molecular complexity index is 829. The van der Waals surface area contributed by atoms with E-state index in [4.69, 9.17) is 14.2 Å². The Kier molecular flexibility index (Phi) is 5.69. The smallest absolute Gasteiger partial charge is 0.189 e. The predicted octanol–water partition coefficient (Wildman–Crippen LogP) is 3.80. The van der Waals surface area contributed by atoms with Gasteiger partial charge in [-0.2, -0.15) is 0 Å². The number of halogens is 1. The predicted molar refractivity (Wildman–Crippen MR) is 106 cm³/mol. The minimum atomic E-state index is -0.235. The number of nitrogens with zero attached hydrogens (tertiary/aromatic N) is 2. The lowest BCUT2D eigenvalue weighted by molar-refractivity contribution is -0.0178. The van der Waals surface area contributed by atoms with Crippen LogP contribution in [0.15, 0.2) is 36.4 Å². The number of fused-ring (bicyclic) bond motifs is 1. The second-order valence-corrected chi connectivity index (χ2v) is 7.43. The molecule has 6 heteroatoms. The van der Waals surface area contributed by atoms with E-state index in [0.717, 1.165) is 54.4 Å². The Hall–Kier alpha value is -2.31. The van der Waals surface area contributed by atoms with Crippen molar-refractivity contribution in [2.75, 3.05) is 38.4 Å². The van der Waals surface area contributed by atoms with Crippen molar-refractivity contribution in [2.45, 2.75) is 32.5 Å². The second kappa shape index (κ2) is 8.37. The standard InChI is InChI=1S/C22H27FN2O3/c1-16-7-8-24(20-5-3-4-6-21(20)26-2)9-10-25(16)13-17-11-19(23)12-18-14-27-15-28-22(17)18/h3-6,11-12,16H,7-10,13-15H2,1-2H3. The summed E-state index contributed by atoms with van der Waals surface area (Å²) in [6.45, 7) is 6.28. The summed E-state index contributed by atoms with van der Waals surface area (Å²) in [6, 6.07) is 11.6. The minimum absolute atomic E-state index is 0.225. The molecule has 0 amide bonds. The fraction of sp³-hybridized carbons (Fsp3) is 0.455. The van der Waals surface area contributed by atoms with E-state index in [1.165, 1.54) is 6.07 Å². The first-order valence-corrected chi connectivity index (χ1v) is 9.79. The van der Waals surface area contributed by atoms with Gasteiger partial charge in [-0.05, 0) is 37.6 Å². The van der Waals surface area contributed by atoms with Crippen molar-refractivity contribution in [1.82, 2.24) is 4.90 Å². The van der Waals surface area contributed by atoms with Gasteiger partial charge in [0.15, 0.2) is 6.79 Å². The van der Waals surface area contributed by atoms with Crippen molar-refractivity contribution in [3.63, 3.8) is 0 Å². The first kappa shape index (κ1) is 19.0. The van der Waals surface area contributed by atoms with Gasteiger partial charge in [-0.25, -0.2) is 4.39 Å². The molecule has 0 saturated carbocycles. The average molecular weight is 386 g/mol. The molecule has 0 spiro atoms. The van der Waals surface area contributed by atoms with Gasteiger partial charge in [-0.1, -0.05) is 12.1 Å². The molecule has 1 fully saturated rings. The molecule has 0 aliphatic carbocycles. The molecule has 0 aromatic heterocycles. The molecule has 2 heterocycles. The van der Waals surface area contributed by atoms with Gasteiger partial charge in [-0.15, -0.1) is 0 Å². The Morgan fingerprint density at radius 2 is 2.04 bits per heavy atom. The number of hydrogen-bond donors (Lipinski definition) is 0. The van der Waals surface area contributed by atoms with E-state index >= 15 is 0 Å². The maximum Gasteiger partial charge on any atom is 0.189 e. The second-order valence-electron chi connectivity index (χ2n) is 7.43. The molecule has 1 atom stereocenters. The molecule has 0 bridgehead atoms. The zero-order valence-corrected chi connectivity index (χ0v) is 16.5. The number of hydrogen-bond acceptors (Lipinski definition) is 5. The van der Waals surface area contributed by atoms with Crippen LogP contribution in [0.4, 0.5) is 10.1 Å². The van der Waals surface area contributed by atoms with Gasteiger partial charge in [0.25, 0.3) is 0 Å². The van der Waals surface area contributed by atoms with Crippen molar-refractivity contribution in [1.29, 1.82) is 0 Å². The third-order valence-electron chi connectivity index (χ3n) is 5.65. The lowest BCUT2D eigenvalue weighted by Crippen LogP contribution is -2.34. The third-order valence-corrected chi connectivity index (χ3v) is 5.65. The summed E-state index contributed by atoms with van der Waals surface area (Å²) in [5.74, 6) is 1.45. The van der Waals surface area contributed by atoms with E-state index < -0.39 is 0 Å². The Labute approximate surface area is 165 Å². The zero-order chi connectivity index (χ0) is 19.5. The number of benzene rings is 2. The van der Waals surface area contributed by atoms with Crippen LogP contribution in [0.3, 0.4) is 0 Å². The highest BCUT2D eigenvalue weighted by Crippen LogP contribution is 2.32. The van der Waals surface area contributed by atoms with E-state index in [9.17, 15) is 4.39 Å². The first-order chi connectivity index (χ1) is 13.7. The van der Waals surface area contributed by atoms with Crippen LogP contribution in [-0.4, -0.2) is 44.5 Å². The van der Waals surface area contributed by atoms with Crippen LogP contribution in [0, 0.1) is 5.82 Å². The lowest BCUT2D eigenvalue weighted by Gasteiger charge is -2.29. The minimum Gasteiger partial charge on any atom is -0.495 e. The fourth-order valence-corrected chi connectivity index (χ4v) is 4.07. The van der Waals surface area contributed by atoms with Gasteiger partial charge in [0.2, 0.25) is 0 Å². The highest BCUT2D eigenvalue weighted by molar-refractivity contribution is 5.58. The summed E-state index contributed by atoms with van der Waals surface area (Å²) in [6.07, 6.45) is 1.03. The van der Waals surface area contributed by atoms with Crippen LogP contribution in [0.2, 0.25) is 0 Å². The number of ether oxygens (including phenoxy) is 3. The molecule has 0 N–H and O–H groups in total. The molecular weight excluding hydrogens is 359 g/mol. The summed E-state index contributed by atoms with van der Waals surface area (Å²) in [4.78, 5) is 4.78. The van der Waals surface area contributed by atoms with E-state index in [-0.39, 0.29) is 12.6 Å². The molecule has 2 aromatic rings. The molecule has 5 nitrogen and oxygen atoms in total. The van der Waals surface area contributed by atoms with Crippen LogP contribution in [0.5, 0.6) is 11.5 Å². The molecule has 1 saturated heterocycles. The number of anilines is 1. The van der Waals surface area contributed by atoms with Gasteiger partial charge in [0, 0.05) is 43.3 Å². The van der Waals surface area contributed by atoms with Crippen LogP contribution in [0.25, 0.3) is 0 Å². The van der Waals surface area contributed by atoms with Crippen molar-refractivity contribution < 1.29 is 18.6 Å². The van der Waals surface area contributed by atoms with Crippen molar-refractivity contribution >= 4 is 5.69 Å². The molecule has 28 heavy (non-hydrogen) atoms. The van der Waals surface area contributed by atoms with Crippen molar-refractivity contribution in [3.8, 4) is 11.5 Å². The number of para-hydroxylation sites is 2. The maximum atomic E-state index is 14.1. The fourth-order valence-electron chi connectivity index (χ4n) is 4.07. The van der Waals surface area contributed by atoms with E-state index in [2.05, 4.69) is 22.8 Å². The Morgan fingerprint density at radius 1 is 1.18 bits per heavy atom. The lowest BCUT2D eigenvalue weighted by atomic mass is 10.1. The first-order valence-electron chi connectivity index (χ1n) is 9.79. The normalized spacial score (nSPS) is 20.2. The maximum absolute atomic E-state index is 14.1. The van der Waals surface area contributed by atoms with Crippen molar-refractivity contribution in [3.05, 3.63) is 53.3 Å². The summed E-state index contributed by atoms with van der Waals surface area (Å²) in [7, 11) is 1.71. The molecule has 0 radical (unpaired) electrons. The Balaban J connectivity index is 1.52. The number of rotatable bonds is 4. The Morgan fingerprint density at radius 3 is 2.89 bits per heavy atom. The molecule has 2 aliphatic heterocycles. The topological polar surface area (TPSA) is 34.2 Å². The molecule has 2 aromatic carbocycles. The van der Waals surface area contributed by atoms with Gasteiger partial charge in [0.05, 0.1) is 19.4 Å². The highest BCUT2D eigenvalue weighted by atomic mass is 19.1. The van der Waals surface area contributed by atoms with E-state index in [1.54, 1.807) is 13.2 Å². The molecular formula is C22H27FN2O3. The van der Waals surface area contributed by atoms with Crippen LogP contribution in [0.1, 0.15) is 24.5 Å². The van der Waals surface area contributed by atoms with Crippen LogP contribution < -0.4 is 14.4 Å². The van der Waals surface area contributed by atoms with Gasteiger partial charge < -0.3 is 19.1 Å². The summed E-state index contributed by atoms with van der Waals surface area (Å²) in [5, 5.41) is 0. The molecule has 4 rings (SSSR count). The summed E-state index contributed by atoms with van der Waals surface area (Å²) in [5.41, 5.74) is 2.82. The molecule has 2 aliphatic rings. The van der Waals surface area contributed by atoms with Crippen LogP contribution in [-0.2, 0) is 17.9 Å². The summed E-state index contributed by atoms with van der Waals surface area (Å²) >= 11 is 0. The van der Waals surface area contributed by atoms with Crippen molar-refractivity contribution in [2.24, 2.45) is 0 Å². The van der Waals surface area contributed by atoms with Gasteiger partial charge >= 0.3 is 0 Å². The van der Waals surface area contributed by atoms with E-state index in [0.29, 0.717) is 19.2 Å².